The third-order valence-corrected chi connectivity index (χ3v) is 14.2. The average Bonchev–Trinajstić information content (AvgIpc) is 3.30. The lowest BCUT2D eigenvalue weighted by Crippen LogP contribution is -2.61. The van der Waals surface area contributed by atoms with E-state index in [9.17, 15) is 61.3 Å². The van der Waals surface area contributed by atoms with Gasteiger partial charge in [-0.15, -0.1) is 0 Å². The van der Waals surface area contributed by atoms with E-state index in [1.54, 1.807) is 0 Å². The highest BCUT2D eigenvalue weighted by Crippen LogP contribution is 2.46. The van der Waals surface area contributed by atoms with E-state index in [1.165, 1.54) is 0 Å². The summed E-state index contributed by atoms with van der Waals surface area (Å²) in [6.07, 6.45) is -20.2. The van der Waals surface area contributed by atoms with Gasteiger partial charge in [-0.05, 0) is 81.4 Å². The maximum atomic E-state index is 10.9. The summed E-state index contributed by atoms with van der Waals surface area (Å²) in [5.41, 5.74) is 2.15. The standard InChI is InChI=1S/C47H80O21/c1-23(10-9-12-45(5,6)7)46(8)13-11-27-26(4)40(24(2)25(3)41(27)68-46)61-15-14-60-19-47(20-62-42-37(57)34(54)31(51)28(16-48)65-42,21-63-43-38(58)35(55)32(52)29(17-49)66-43)22-64-44-39(59)36(56)33(53)30(18-50)67-44/h23,28-39,42-44,48-59H,9-22H2,1-8H3/t23?,28?,29?,30?,31-,32-,33-,34?,35?,36?,37?,38?,39?,42-,43-,44-,46?,47?/m1/s1. The zero-order valence-corrected chi connectivity index (χ0v) is 40.7. The van der Waals surface area contributed by atoms with Gasteiger partial charge in [-0.3, -0.25) is 0 Å². The van der Waals surface area contributed by atoms with Gasteiger partial charge in [0.25, 0.3) is 0 Å². The molecule has 0 spiro atoms. The Kier molecular flexibility index (Phi) is 20.3. The van der Waals surface area contributed by atoms with Crippen molar-refractivity contribution in [1.29, 1.82) is 0 Å². The summed E-state index contributed by atoms with van der Waals surface area (Å²) >= 11 is 0. The minimum absolute atomic E-state index is 0.0219. The van der Waals surface area contributed by atoms with Crippen molar-refractivity contribution in [2.24, 2.45) is 16.7 Å². The molecule has 0 aliphatic carbocycles. The van der Waals surface area contributed by atoms with Crippen LogP contribution in [0.25, 0.3) is 0 Å². The van der Waals surface area contributed by atoms with E-state index in [-0.39, 0.29) is 30.8 Å². The maximum Gasteiger partial charge on any atom is 0.186 e. The molecule has 21 nitrogen and oxygen atoms in total. The van der Waals surface area contributed by atoms with Crippen LogP contribution in [0.2, 0.25) is 0 Å². The van der Waals surface area contributed by atoms with Gasteiger partial charge in [-0.2, -0.15) is 0 Å². The smallest absolute Gasteiger partial charge is 0.186 e. The monoisotopic (exact) mass is 981 g/mol. The first-order valence-corrected chi connectivity index (χ1v) is 23.7. The lowest BCUT2D eigenvalue weighted by molar-refractivity contribution is -0.332. The Balaban J connectivity index is 1.37. The van der Waals surface area contributed by atoms with Crippen molar-refractivity contribution < 1.29 is 104 Å². The van der Waals surface area contributed by atoms with E-state index in [0.29, 0.717) is 11.7 Å². The van der Waals surface area contributed by atoms with Crippen molar-refractivity contribution in [3.05, 3.63) is 22.3 Å². The second kappa shape index (κ2) is 24.2. The molecule has 1 aromatic rings. The fourth-order valence-corrected chi connectivity index (χ4v) is 9.19. The van der Waals surface area contributed by atoms with Crippen molar-refractivity contribution in [1.82, 2.24) is 0 Å². The molecule has 0 radical (unpaired) electrons. The predicted octanol–water partition coefficient (Wildman–Crippen LogP) is -1.62. The number of ether oxygens (including phenoxy) is 9. The number of benzene rings is 1. The van der Waals surface area contributed by atoms with Crippen LogP contribution in [-0.4, -0.2) is 218 Å². The normalized spacial score (nSPS) is 37.0. The molecule has 0 saturated carbocycles. The molecule has 394 valence electrons. The summed E-state index contributed by atoms with van der Waals surface area (Å²) in [4.78, 5) is 0. The molecular weight excluding hydrogens is 900 g/mol. The van der Waals surface area contributed by atoms with Crippen LogP contribution in [-0.2, 0) is 39.6 Å². The molecule has 11 unspecified atom stereocenters. The Morgan fingerprint density at radius 2 is 1.04 bits per heavy atom. The molecule has 12 N–H and O–H groups in total. The Morgan fingerprint density at radius 3 is 1.46 bits per heavy atom. The number of hydrogen-bond acceptors (Lipinski definition) is 21. The molecule has 1 aromatic carbocycles. The van der Waals surface area contributed by atoms with Gasteiger partial charge in [-0.1, -0.05) is 34.1 Å². The van der Waals surface area contributed by atoms with Gasteiger partial charge >= 0.3 is 0 Å². The van der Waals surface area contributed by atoms with Crippen molar-refractivity contribution in [3.8, 4) is 11.5 Å². The molecule has 0 aromatic heterocycles. The summed E-state index contributed by atoms with van der Waals surface area (Å²) in [7, 11) is 0. The van der Waals surface area contributed by atoms with Crippen molar-refractivity contribution in [2.45, 2.75) is 185 Å². The van der Waals surface area contributed by atoms with Crippen LogP contribution < -0.4 is 9.47 Å². The molecule has 4 aliphatic heterocycles. The third kappa shape index (κ3) is 13.2. The van der Waals surface area contributed by atoms with Crippen LogP contribution in [0.1, 0.15) is 82.6 Å². The van der Waals surface area contributed by atoms with E-state index in [2.05, 4.69) is 34.6 Å². The summed E-state index contributed by atoms with van der Waals surface area (Å²) in [6.45, 7) is 12.7. The second-order valence-electron chi connectivity index (χ2n) is 20.7. The SMILES string of the molecule is Cc1c(C)c2c(c(C)c1OCCOCC(CO[C@@H]1OC(CO)[C@@H](O)C(O)C1O)(CO[C@@H]1OC(CO)[C@@H](O)C(O)C1O)CO[C@@H]1OC(CO)[C@@H](O)C(O)C1O)CCC(C)(C(C)CCCC(C)(C)C)O2. The van der Waals surface area contributed by atoms with Crippen LogP contribution in [0.4, 0.5) is 0 Å². The zero-order valence-electron chi connectivity index (χ0n) is 40.7. The van der Waals surface area contributed by atoms with Crippen LogP contribution in [0, 0.1) is 37.5 Å². The predicted molar refractivity (Wildman–Crippen MR) is 238 cm³/mol. The van der Waals surface area contributed by atoms with E-state index in [4.69, 9.17) is 42.6 Å². The van der Waals surface area contributed by atoms with E-state index < -0.39 is 137 Å². The van der Waals surface area contributed by atoms with Crippen LogP contribution in [0.15, 0.2) is 0 Å². The highest BCUT2D eigenvalue weighted by atomic mass is 16.7. The number of rotatable bonds is 22. The van der Waals surface area contributed by atoms with Crippen molar-refractivity contribution >= 4 is 0 Å². The number of aliphatic hydroxyl groups is 12. The van der Waals surface area contributed by atoms with E-state index in [0.717, 1.165) is 60.1 Å². The van der Waals surface area contributed by atoms with Gasteiger partial charge in [0, 0.05) is 5.56 Å². The second-order valence-corrected chi connectivity index (χ2v) is 20.7. The van der Waals surface area contributed by atoms with Gasteiger partial charge < -0.3 is 104 Å². The van der Waals surface area contributed by atoms with Gasteiger partial charge in [0.1, 0.15) is 97.0 Å². The topological polar surface area (TPSA) is 326 Å². The molecule has 0 amide bonds. The van der Waals surface area contributed by atoms with Crippen LogP contribution in [0.5, 0.6) is 11.5 Å². The Bertz CT molecular complexity index is 1630. The number of aliphatic hydroxyl groups excluding tert-OH is 12. The summed E-state index contributed by atoms with van der Waals surface area (Å²) < 4.78 is 54.2. The van der Waals surface area contributed by atoms with Gasteiger partial charge in [0.05, 0.1) is 58.3 Å². The van der Waals surface area contributed by atoms with Crippen LogP contribution in [0.3, 0.4) is 0 Å². The van der Waals surface area contributed by atoms with Gasteiger partial charge in [-0.25, -0.2) is 0 Å². The first-order valence-electron chi connectivity index (χ1n) is 23.7. The molecule has 3 fully saturated rings. The molecule has 4 aliphatic rings. The van der Waals surface area contributed by atoms with Gasteiger partial charge in [0.2, 0.25) is 0 Å². The lowest BCUT2D eigenvalue weighted by Gasteiger charge is -2.44. The minimum Gasteiger partial charge on any atom is -0.491 e. The number of hydrogen-bond donors (Lipinski definition) is 12. The Labute approximate surface area is 398 Å². The molecule has 4 heterocycles. The largest absolute Gasteiger partial charge is 0.491 e. The highest BCUT2D eigenvalue weighted by molar-refractivity contribution is 5.59. The molecule has 0 bridgehead atoms. The van der Waals surface area contributed by atoms with E-state index in [1.807, 2.05) is 20.8 Å². The highest BCUT2D eigenvalue weighted by Gasteiger charge is 2.50. The molecule has 17 atom stereocenters. The van der Waals surface area contributed by atoms with Gasteiger partial charge in [0.15, 0.2) is 18.9 Å². The lowest BCUT2D eigenvalue weighted by atomic mass is 9.77. The molecular formula is C47H80O21. The first-order chi connectivity index (χ1) is 31.9. The molecule has 3 saturated heterocycles. The first kappa shape index (κ1) is 57.0. The quantitative estimate of drug-likeness (QED) is 0.0581. The zero-order chi connectivity index (χ0) is 50.5. The summed E-state index contributed by atoms with van der Waals surface area (Å²) in [6, 6.07) is 0. The third-order valence-electron chi connectivity index (χ3n) is 14.2. The summed E-state index contributed by atoms with van der Waals surface area (Å²) in [5.74, 6) is 1.89. The maximum absolute atomic E-state index is 10.9. The average molecular weight is 981 g/mol. The van der Waals surface area contributed by atoms with Crippen molar-refractivity contribution in [3.63, 3.8) is 0 Å². The molecule has 5 rings (SSSR count). The fraction of sp³-hybridized carbons (Fsp3) is 0.872. The molecule has 68 heavy (non-hydrogen) atoms. The Morgan fingerprint density at radius 1 is 0.603 bits per heavy atom. The van der Waals surface area contributed by atoms with Crippen LogP contribution >= 0.6 is 0 Å². The Hall–Kier alpha value is -1.94. The van der Waals surface area contributed by atoms with Crippen molar-refractivity contribution in [2.75, 3.05) is 59.5 Å². The molecule has 21 heteroatoms. The minimum atomic E-state index is -1.84. The summed E-state index contributed by atoms with van der Waals surface area (Å²) in [5, 5.41) is 125. The fourth-order valence-electron chi connectivity index (χ4n) is 9.19. The number of fused-ring (bicyclic) bond motifs is 1. The van der Waals surface area contributed by atoms with E-state index >= 15 is 0 Å².